The molecular weight excluding hydrogens is 323 g/mol. The van der Waals surface area contributed by atoms with Crippen LogP contribution in [0.1, 0.15) is 13.3 Å². The van der Waals surface area contributed by atoms with E-state index >= 15 is 0 Å². The maximum atomic E-state index is 13.7. The summed E-state index contributed by atoms with van der Waals surface area (Å²) < 4.78 is 24.8. The minimum absolute atomic E-state index is 0.130. The summed E-state index contributed by atoms with van der Waals surface area (Å²) in [5.74, 6) is 0.671. The number of nitrogens with one attached hydrogen (secondary N) is 2. The number of para-hydroxylation sites is 1. The Morgan fingerprint density at radius 2 is 2.08 bits per heavy atom. The Morgan fingerprint density at radius 1 is 1.32 bits per heavy atom. The molecule has 0 bridgehead atoms. The summed E-state index contributed by atoms with van der Waals surface area (Å²) in [5, 5.41) is 6.54. The lowest BCUT2D eigenvalue weighted by Crippen LogP contribution is -2.46. The first kappa shape index (κ1) is 19.5. The lowest BCUT2D eigenvalue weighted by molar-refractivity contribution is 0.0389. The molecule has 1 fully saturated rings. The van der Waals surface area contributed by atoms with Gasteiger partial charge in [-0.1, -0.05) is 19.1 Å². The van der Waals surface area contributed by atoms with Gasteiger partial charge in [-0.2, -0.15) is 0 Å². The van der Waals surface area contributed by atoms with Crippen LogP contribution in [-0.4, -0.2) is 69.9 Å². The van der Waals surface area contributed by atoms with Gasteiger partial charge >= 0.3 is 0 Å². The first-order valence-corrected chi connectivity index (χ1v) is 8.88. The van der Waals surface area contributed by atoms with Crippen molar-refractivity contribution in [1.29, 1.82) is 0 Å². The van der Waals surface area contributed by atoms with Crippen molar-refractivity contribution >= 4 is 5.96 Å². The van der Waals surface area contributed by atoms with Crippen molar-refractivity contribution in [3.8, 4) is 5.75 Å². The minimum Gasteiger partial charge on any atom is -0.486 e. The van der Waals surface area contributed by atoms with Crippen LogP contribution in [0.3, 0.4) is 0 Å². The van der Waals surface area contributed by atoms with Crippen molar-refractivity contribution < 1.29 is 13.9 Å². The summed E-state index contributed by atoms with van der Waals surface area (Å²) in [6, 6.07) is 6.47. The second-order valence-corrected chi connectivity index (χ2v) is 5.91. The van der Waals surface area contributed by atoms with E-state index in [1.807, 2.05) is 6.92 Å². The highest BCUT2D eigenvalue weighted by Gasteiger charge is 2.13. The Hall–Kier alpha value is -1.86. The second-order valence-electron chi connectivity index (χ2n) is 5.91. The molecule has 6 nitrogen and oxygen atoms in total. The molecule has 0 aliphatic carbocycles. The molecule has 0 spiro atoms. The maximum Gasteiger partial charge on any atom is 0.191 e. The summed E-state index contributed by atoms with van der Waals surface area (Å²) >= 11 is 0. The quantitative estimate of drug-likeness (QED) is 0.548. The van der Waals surface area contributed by atoms with Gasteiger partial charge in [0.25, 0.3) is 0 Å². The van der Waals surface area contributed by atoms with Crippen molar-refractivity contribution in [1.82, 2.24) is 15.5 Å². The maximum absolute atomic E-state index is 13.7. The van der Waals surface area contributed by atoms with Crippen molar-refractivity contribution in [3.05, 3.63) is 30.1 Å². The topological polar surface area (TPSA) is 58.1 Å². The molecule has 1 heterocycles. The highest BCUT2D eigenvalue weighted by molar-refractivity contribution is 5.79. The van der Waals surface area contributed by atoms with Crippen LogP contribution in [0.15, 0.2) is 29.3 Å². The van der Waals surface area contributed by atoms with Crippen LogP contribution >= 0.6 is 0 Å². The summed E-state index contributed by atoms with van der Waals surface area (Å²) in [6.07, 6.45) is 0.640. The number of nitrogens with zero attached hydrogens (tertiary/aromatic N) is 2. The molecule has 1 aliphatic heterocycles. The number of benzene rings is 1. The van der Waals surface area contributed by atoms with Crippen molar-refractivity contribution in [2.24, 2.45) is 4.99 Å². The molecule has 1 aliphatic rings. The van der Waals surface area contributed by atoms with E-state index in [2.05, 4.69) is 20.5 Å². The highest BCUT2D eigenvalue weighted by Crippen LogP contribution is 2.17. The predicted octanol–water partition coefficient (Wildman–Crippen LogP) is 1.48. The van der Waals surface area contributed by atoms with Gasteiger partial charge < -0.3 is 20.1 Å². The van der Waals surface area contributed by atoms with Crippen LogP contribution in [0.2, 0.25) is 0 Å². The molecule has 1 unspecified atom stereocenters. The Labute approximate surface area is 149 Å². The third-order valence-corrected chi connectivity index (χ3v) is 4.13. The summed E-state index contributed by atoms with van der Waals surface area (Å²) in [4.78, 5) is 6.58. The van der Waals surface area contributed by atoms with E-state index in [9.17, 15) is 4.39 Å². The average Bonchev–Trinajstić information content (AvgIpc) is 2.65. The van der Waals surface area contributed by atoms with Crippen LogP contribution in [0.5, 0.6) is 5.75 Å². The largest absolute Gasteiger partial charge is 0.486 e. The zero-order valence-corrected chi connectivity index (χ0v) is 15.1. The minimum atomic E-state index is -0.339. The molecule has 1 aromatic carbocycles. The third kappa shape index (κ3) is 6.88. The van der Waals surface area contributed by atoms with Crippen LogP contribution in [0.4, 0.5) is 4.39 Å². The van der Waals surface area contributed by atoms with Crippen molar-refractivity contribution in [3.63, 3.8) is 0 Å². The Kier molecular flexibility index (Phi) is 8.48. The summed E-state index contributed by atoms with van der Waals surface area (Å²) in [7, 11) is 1.74. The Balaban J connectivity index is 1.71. The van der Waals surface area contributed by atoms with E-state index in [0.717, 1.165) is 51.8 Å². The lowest BCUT2D eigenvalue weighted by atomic mass is 10.2. The monoisotopic (exact) mass is 352 g/mol. The fourth-order valence-corrected chi connectivity index (χ4v) is 2.58. The number of aliphatic imine (C=N–C) groups is 1. The first-order valence-electron chi connectivity index (χ1n) is 8.88. The molecule has 0 amide bonds. The van der Waals surface area contributed by atoms with Gasteiger partial charge in [0.2, 0.25) is 0 Å². The molecule has 1 aromatic rings. The highest BCUT2D eigenvalue weighted by atomic mass is 19.1. The molecule has 1 atom stereocenters. The SMILES string of the molecule is CCC(CNC(=NC)NCCN1CCOCC1)Oc1ccccc1F. The van der Waals surface area contributed by atoms with Gasteiger partial charge in [-0.05, 0) is 18.6 Å². The molecule has 0 aromatic heterocycles. The first-order chi connectivity index (χ1) is 12.2. The molecule has 25 heavy (non-hydrogen) atoms. The fraction of sp³-hybridized carbons (Fsp3) is 0.611. The number of guanidine groups is 1. The van der Waals surface area contributed by atoms with Crippen LogP contribution < -0.4 is 15.4 Å². The molecular formula is C18H29FN4O2. The van der Waals surface area contributed by atoms with E-state index < -0.39 is 0 Å². The molecule has 1 saturated heterocycles. The Bertz CT molecular complexity index is 536. The molecule has 140 valence electrons. The average molecular weight is 352 g/mol. The zero-order chi connectivity index (χ0) is 17.9. The number of halogens is 1. The van der Waals surface area contributed by atoms with Gasteiger partial charge in [-0.15, -0.1) is 0 Å². The van der Waals surface area contributed by atoms with Crippen LogP contribution in [0, 0.1) is 5.82 Å². The van der Waals surface area contributed by atoms with Gasteiger partial charge in [0, 0.05) is 33.2 Å². The van der Waals surface area contributed by atoms with Crippen molar-refractivity contribution in [2.75, 3.05) is 53.0 Å². The lowest BCUT2D eigenvalue weighted by Gasteiger charge is -2.27. The summed E-state index contributed by atoms with van der Waals surface area (Å²) in [5.41, 5.74) is 0. The van der Waals surface area contributed by atoms with Gasteiger partial charge in [0.05, 0.1) is 19.8 Å². The predicted molar refractivity (Wildman–Crippen MR) is 97.7 cm³/mol. The van der Waals surface area contributed by atoms with E-state index in [0.29, 0.717) is 6.54 Å². The van der Waals surface area contributed by atoms with Crippen LogP contribution in [-0.2, 0) is 4.74 Å². The van der Waals surface area contributed by atoms with Gasteiger partial charge in [-0.3, -0.25) is 9.89 Å². The standard InChI is InChI=1S/C18H29FN4O2/c1-3-15(25-17-7-5-4-6-16(17)19)14-22-18(20-2)21-8-9-23-10-12-24-13-11-23/h4-7,15H,3,8-14H2,1-2H3,(H2,20,21,22). The number of hydrogen-bond acceptors (Lipinski definition) is 4. The van der Waals surface area contributed by atoms with Crippen LogP contribution in [0.25, 0.3) is 0 Å². The smallest absolute Gasteiger partial charge is 0.191 e. The van der Waals surface area contributed by atoms with E-state index in [4.69, 9.17) is 9.47 Å². The molecule has 2 rings (SSSR count). The summed E-state index contributed by atoms with van der Waals surface area (Å²) in [6.45, 7) is 7.89. The third-order valence-electron chi connectivity index (χ3n) is 4.13. The Morgan fingerprint density at radius 3 is 2.76 bits per heavy atom. The molecule has 0 saturated carbocycles. The number of morpholine rings is 1. The number of hydrogen-bond donors (Lipinski definition) is 2. The normalized spacial score (nSPS) is 17.2. The second kappa shape index (κ2) is 10.9. The van der Waals surface area contributed by atoms with Crippen molar-refractivity contribution in [2.45, 2.75) is 19.4 Å². The van der Waals surface area contributed by atoms with E-state index in [1.54, 1.807) is 25.2 Å². The molecule has 2 N–H and O–H groups in total. The number of ether oxygens (including phenoxy) is 2. The van der Waals surface area contributed by atoms with Gasteiger partial charge in [-0.25, -0.2) is 4.39 Å². The number of rotatable bonds is 8. The zero-order valence-electron chi connectivity index (χ0n) is 15.1. The fourth-order valence-electron chi connectivity index (χ4n) is 2.58. The van der Waals surface area contributed by atoms with Gasteiger partial charge in [0.1, 0.15) is 6.10 Å². The molecule has 7 heteroatoms. The molecule has 0 radical (unpaired) electrons. The van der Waals surface area contributed by atoms with E-state index in [-0.39, 0.29) is 17.7 Å². The van der Waals surface area contributed by atoms with E-state index in [1.165, 1.54) is 6.07 Å². The van der Waals surface area contributed by atoms with Gasteiger partial charge in [0.15, 0.2) is 17.5 Å².